The van der Waals surface area contributed by atoms with E-state index in [2.05, 4.69) is 48.2 Å². The fourth-order valence-corrected chi connectivity index (χ4v) is 3.05. The zero-order valence-electron chi connectivity index (χ0n) is 15.5. The molecule has 22 heavy (non-hydrogen) atoms. The van der Waals surface area contributed by atoms with Crippen LogP contribution in [0.25, 0.3) is 0 Å². The van der Waals surface area contributed by atoms with Crippen LogP contribution in [-0.2, 0) is 0 Å². The van der Waals surface area contributed by atoms with Crippen LogP contribution < -0.4 is 10.6 Å². The number of hydrogen-bond donors (Lipinski definition) is 2. The highest BCUT2D eigenvalue weighted by Gasteiger charge is 2.20. The average Bonchev–Trinajstić information content (AvgIpc) is 2.46. The third-order valence-corrected chi connectivity index (χ3v) is 4.28. The molecule has 0 aromatic heterocycles. The van der Waals surface area contributed by atoms with E-state index in [0.717, 1.165) is 24.3 Å². The summed E-state index contributed by atoms with van der Waals surface area (Å²) < 4.78 is 0. The molecule has 0 aliphatic carbocycles. The number of aliphatic imine (C=N–C) groups is 1. The monoisotopic (exact) mass is 310 g/mol. The number of piperidine rings is 1. The molecule has 1 rings (SSSR count). The van der Waals surface area contributed by atoms with Crippen molar-refractivity contribution in [1.29, 1.82) is 0 Å². The van der Waals surface area contributed by atoms with Gasteiger partial charge in [0, 0.05) is 39.3 Å². The molecule has 2 N–H and O–H groups in total. The molecule has 0 aromatic rings. The maximum absolute atomic E-state index is 4.36. The maximum Gasteiger partial charge on any atom is 0.191 e. The van der Waals surface area contributed by atoms with Crippen LogP contribution in [0.15, 0.2) is 4.99 Å². The van der Waals surface area contributed by atoms with Crippen molar-refractivity contribution < 1.29 is 0 Å². The number of nitrogens with one attached hydrogen (secondary N) is 2. The molecule has 0 radical (unpaired) electrons. The third-order valence-electron chi connectivity index (χ3n) is 4.28. The minimum absolute atomic E-state index is 0.574. The normalized spacial score (nSPS) is 18.2. The quantitative estimate of drug-likeness (QED) is 0.411. The summed E-state index contributed by atoms with van der Waals surface area (Å²) >= 11 is 0. The predicted octanol–water partition coefficient (Wildman–Crippen LogP) is 3.10. The molecule has 130 valence electrons. The van der Waals surface area contributed by atoms with Crippen molar-refractivity contribution in [1.82, 2.24) is 15.5 Å². The Labute approximate surface area is 138 Å². The van der Waals surface area contributed by atoms with E-state index in [1.54, 1.807) is 0 Å². The summed E-state index contributed by atoms with van der Waals surface area (Å²) in [4.78, 5) is 6.95. The summed E-state index contributed by atoms with van der Waals surface area (Å²) in [7, 11) is 1.87. The van der Waals surface area contributed by atoms with E-state index in [4.69, 9.17) is 0 Å². The topological polar surface area (TPSA) is 39.7 Å². The Kier molecular flexibility index (Phi) is 9.53. The molecule has 1 fully saturated rings. The first-order valence-corrected chi connectivity index (χ1v) is 9.20. The number of nitrogens with zero attached hydrogens (tertiary/aromatic N) is 2. The van der Waals surface area contributed by atoms with E-state index in [1.807, 2.05) is 7.05 Å². The highest BCUT2D eigenvalue weighted by Crippen LogP contribution is 2.12. The van der Waals surface area contributed by atoms with Crippen molar-refractivity contribution in [2.24, 2.45) is 16.8 Å². The summed E-state index contributed by atoms with van der Waals surface area (Å²) in [5.41, 5.74) is 0. The van der Waals surface area contributed by atoms with Crippen molar-refractivity contribution in [3.63, 3.8) is 0 Å². The lowest BCUT2D eigenvalue weighted by molar-refractivity contribution is 0.187. The molecule has 0 atom stereocenters. The molecule has 1 aliphatic heterocycles. The second-order valence-electron chi connectivity index (χ2n) is 7.50. The van der Waals surface area contributed by atoms with Gasteiger partial charge in [-0.3, -0.25) is 4.99 Å². The molecule has 4 heteroatoms. The van der Waals surface area contributed by atoms with Gasteiger partial charge in [0.2, 0.25) is 0 Å². The predicted molar refractivity (Wildman–Crippen MR) is 97.5 cm³/mol. The molecule has 0 bridgehead atoms. The van der Waals surface area contributed by atoms with Crippen LogP contribution in [0.5, 0.6) is 0 Å². The van der Waals surface area contributed by atoms with E-state index in [-0.39, 0.29) is 0 Å². The van der Waals surface area contributed by atoms with E-state index in [0.29, 0.717) is 6.04 Å². The molecule has 4 nitrogen and oxygen atoms in total. The summed E-state index contributed by atoms with van der Waals surface area (Å²) in [6.45, 7) is 13.9. The number of rotatable bonds is 8. The van der Waals surface area contributed by atoms with Gasteiger partial charge in [-0.15, -0.1) is 0 Å². The van der Waals surface area contributed by atoms with Gasteiger partial charge in [-0.1, -0.05) is 40.5 Å². The summed E-state index contributed by atoms with van der Waals surface area (Å²) in [5.74, 6) is 2.56. The van der Waals surface area contributed by atoms with Gasteiger partial charge in [0.25, 0.3) is 0 Å². The molecule has 0 amide bonds. The Hall–Kier alpha value is -0.770. The Morgan fingerprint density at radius 2 is 1.77 bits per heavy atom. The van der Waals surface area contributed by atoms with Crippen LogP contribution in [0.2, 0.25) is 0 Å². The van der Waals surface area contributed by atoms with E-state index < -0.39 is 0 Å². The highest BCUT2D eigenvalue weighted by atomic mass is 15.2. The standard InChI is InChI=1S/C18H38N4/c1-15(2)8-6-7-11-20-18(19-5)21-17-9-12-22(13-10-17)14-16(3)4/h15-17H,6-14H2,1-5H3,(H2,19,20,21). The van der Waals surface area contributed by atoms with Crippen LogP contribution in [0, 0.1) is 11.8 Å². The fraction of sp³-hybridized carbons (Fsp3) is 0.944. The molecule has 0 spiro atoms. The van der Waals surface area contributed by atoms with Gasteiger partial charge in [0.15, 0.2) is 5.96 Å². The van der Waals surface area contributed by atoms with E-state index >= 15 is 0 Å². The minimum Gasteiger partial charge on any atom is -0.356 e. The van der Waals surface area contributed by atoms with Gasteiger partial charge in [0.05, 0.1) is 0 Å². The van der Waals surface area contributed by atoms with Gasteiger partial charge in [-0.25, -0.2) is 0 Å². The summed E-state index contributed by atoms with van der Waals surface area (Å²) in [5, 5.41) is 7.05. The molecule has 1 aliphatic rings. The molecule has 0 saturated carbocycles. The number of unbranched alkanes of at least 4 members (excludes halogenated alkanes) is 1. The highest BCUT2D eigenvalue weighted by molar-refractivity contribution is 5.79. The Morgan fingerprint density at radius 1 is 1.09 bits per heavy atom. The van der Waals surface area contributed by atoms with Gasteiger partial charge < -0.3 is 15.5 Å². The third kappa shape index (κ3) is 8.62. The van der Waals surface area contributed by atoms with Crippen molar-refractivity contribution in [3.05, 3.63) is 0 Å². The van der Waals surface area contributed by atoms with Gasteiger partial charge in [-0.05, 0) is 31.1 Å². The second kappa shape index (κ2) is 10.9. The molecule has 0 unspecified atom stereocenters. The van der Waals surface area contributed by atoms with Crippen LogP contribution in [-0.4, -0.2) is 50.1 Å². The molecular weight excluding hydrogens is 272 g/mol. The van der Waals surface area contributed by atoms with Gasteiger partial charge >= 0.3 is 0 Å². The number of guanidine groups is 1. The number of hydrogen-bond acceptors (Lipinski definition) is 2. The molecule has 0 aromatic carbocycles. The Bertz CT molecular complexity index is 304. The first-order chi connectivity index (χ1) is 10.5. The van der Waals surface area contributed by atoms with Crippen LogP contribution >= 0.6 is 0 Å². The van der Waals surface area contributed by atoms with Crippen LogP contribution in [0.3, 0.4) is 0 Å². The summed E-state index contributed by atoms with van der Waals surface area (Å²) in [6, 6.07) is 0.574. The lowest BCUT2D eigenvalue weighted by atomic mass is 10.0. The Balaban J connectivity index is 2.16. The fourth-order valence-electron chi connectivity index (χ4n) is 3.05. The Morgan fingerprint density at radius 3 is 2.32 bits per heavy atom. The minimum atomic E-state index is 0.574. The maximum atomic E-state index is 4.36. The molecule has 1 saturated heterocycles. The smallest absolute Gasteiger partial charge is 0.191 e. The lowest BCUT2D eigenvalue weighted by Gasteiger charge is -2.34. The SMILES string of the molecule is CN=C(NCCCCC(C)C)NC1CCN(CC(C)C)CC1. The zero-order chi connectivity index (χ0) is 16.4. The van der Waals surface area contributed by atoms with E-state index in [1.165, 1.54) is 51.7 Å². The lowest BCUT2D eigenvalue weighted by Crippen LogP contribution is -2.49. The van der Waals surface area contributed by atoms with Gasteiger partial charge in [0.1, 0.15) is 0 Å². The van der Waals surface area contributed by atoms with E-state index in [9.17, 15) is 0 Å². The second-order valence-corrected chi connectivity index (χ2v) is 7.50. The average molecular weight is 311 g/mol. The van der Waals surface area contributed by atoms with Crippen molar-refractivity contribution in [3.8, 4) is 0 Å². The first kappa shape index (κ1) is 19.3. The van der Waals surface area contributed by atoms with Gasteiger partial charge in [-0.2, -0.15) is 0 Å². The molecule has 1 heterocycles. The van der Waals surface area contributed by atoms with Crippen molar-refractivity contribution in [2.45, 2.75) is 65.8 Å². The zero-order valence-corrected chi connectivity index (χ0v) is 15.5. The van der Waals surface area contributed by atoms with Crippen molar-refractivity contribution >= 4 is 5.96 Å². The molecular formula is C18H38N4. The van der Waals surface area contributed by atoms with Crippen molar-refractivity contribution in [2.75, 3.05) is 33.2 Å². The summed E-state index contributed by atoms with van der Waals surface area (Å²) in [6.07, 6.45) is 6.30. The van der Waals surface area contributed by atoms with Crippen LogP contribution in [0.4, 0.5) is 0 Å². The number of likely N-dealkylation sites (tertiary alicyclic amines) is 1. The van der Waals surface area contributed by atoms with Crippen LogP contribution in [0.1, 0.15) is 59.8 Å². The largest absolute Gasteiger partial charge is 0.356 e. The first-order valence-electron chi connectivity index (χ1n) is 9.20.